The summed E-state index contributed by atoms with van der Waals surface area (Å²) in [6.07, 6.45) is 2.88. The van der Waals surface area contributed by atoms with Crippen LogP contribution >= 0.6 is 11.6 Å². The summed E-state index contributed by atoms with van der Waals surface area (Å²) in [6, 6.07) is 7.95. The summed E-state index contributed by atoms with van der Waals surface area (Å²) in [5.74, 6) is 0. The number of nitrogen functional groups attached to an aromatic ring is 1. The molecule has 1 aromatic carbocycles. The molecule has 0 aliphatic carbocycles. The molecule has 1 heterocycles. The fourth-order valence-corrected chi connectivity index (χ4v) is 1.91. The van der Waals surface area contributed by atoms with Gasteiger partial charge in [-0.1, -0.05) is 36.7 Å². The van der Waals surface area contributed by atoms with E-state index in [-0.39, 0.29) is 0 Å². The molecule has 0 aliphatic heterocycles. The quantitative estimate of drug-likeness (QED) is 0.900. The van der Waals surface area contributed by atoms with E-state index in [0.29, 0.717) is 16.8 Å². The maximum Gasteiger partial charge on any atom is 0.117 e. The lowest BCUT2D eigenvalue weighted by atomic mass is 10.1. The molecule has 0 fully saturated rings. The van der Waals surface area contributed by atoms with E-state index in [1.165, 1.54) is 0 Å². The molecular weight excluding hydrogens is 234 g/mol. The summed E-state index contributed by atoms with van der Waals surface area (Å²) in [6.45, 7) is 4.24. The van der Waals surface area contributed by atoms with Crippen molar-refractivity contribution in [3.63, 3.8) is 0 Å². The number of anilines is 1. The van der Waals surface area contributed by atoms with Crippen molar-refractivity contribution in [3.8, 4) is 11.3 Å². The van der Waals surface area contributed by atoms with Crippen LogP contribution in [-0.2, 0) is 0 Å². The van der Waals surface area contributed by atoms with E-state index in [1.807, 2.05) is 35.1 Å². The number of benzene rings is 1. The predicted octanol–water partition coefficient (Wildman–Crippen LogP) is 3.76. The molecule has 17 heavy (non-hydrogen) atoms. The fourth-order valence-electron chi connectivity index (χ4n) is 1.68. The van der Waals surface area contributed by atoms with Crippen LogP contribution in [0.1, 0.15) is 26.3 Å². The van der Waals surface area contributed by atoms with Crippen molar-refractivity contribution in [2.75, 3.05) is 5.73 Å². The topological polar surface area (TPSA) is 43.8 Å². The van der Waals surface area contributed by atoms with E-state index >= 15 is 0 Å². The minimum absolute atomic E-state index is 0.341. The molecule has 0 amide bonds. The molecule has 3 nitrogen and oxygen atoms in total. The average Bonchev–Trinajstić information content (AvgIpc) is 2.71. The van der Waals surface area contributed by atoms with Gasteiger partial charge in [0, 0.05) is 17.8 Å². The molecule has 2 rings (SSSR count). The van der Waals surface area contributed by atoms with Gasteiger partial charge >= 0.3 is 0 Å². The minimum atomic E-state index is 0.341. The van der Waals surface area contributed by atoms with Crippen LogP contribution in [0.2, 0.25) is 5.02 Å². The Balaban J connectivity index is 2.47. The standard InChI is InChI=1S/C13H16ClN3/c1-3-9(2)17-8-12(15)13(16-17)10-6-4-5-7-11(10)14/h4-9H,3,15H2,1-2H3. The van der Waals surface area contributed by atoms with Crippen LogP contribution in [0.4, 0.5) is 5.69 Å². The van der Waals surface area contributed by atoms with Gasteiger partial charge in [0.05, 0.1) is 10.7 Å². The van der Waals surface area contributed by atoms with Crippen LogP contribution in [0, 0.1) is 0 Å². The monoisotopic (exact) mass is 249 g/mol. The Labute approximate surface area is 106 Å². The highest BCUT2D eigenvalue weighted by atomic mass is 35.5. The molecule has 90 valence electrons. The van der Waals surface area contributed by atoms with Gasteiger partial charge in [-0.25, -0.2) is 0 Å². The van der Waals surface area contributed by atoms with Crippen LogP contribution in [0.15, 0.2) is 30.5 Å². The van der Waals surface area contributed by atoms with E-state index in [4.69, 9.17) is 17.3 Å². The van der Waals surface area contributed by atoms with Gasteiger partial charge in [0.2, 0.25) is 0 Å². The Bertz CT molecular complexity index is 519. The largest absolute Gasteiger partial charge is 0.396 e. The Morgan fingerprint density at radius 1 is 1.41 bits per heavy atom. The van der Waals surface area contributed by atoms with Crippen molar-refractivity contribution in [2.24, 2.45) is 0 Å². The van der Waals surface area contributed by atoms with Gasteiger partial charge in [-0.3, -0.25) is 4.68 Å². The summed E-state index contributed by atoms with van der Waals surface area (Å²) in [5, 5.41) is 5.19. The van der Waals surface area contributed by atoms with Gasteiger partial charge in [-0.2, -0.15) is 5.10 Å². The zero-order chi connectivity index (χ0) is 12.4. The van der Waals surface area contributed by atoms with E-state index in [2.05, 4.69) is 18.9 Å². The molecule has 2 aromatic rings. The number of hydrogen-bond acceptors (Lipinski definition) is 2. The van der Waals surface area contributed by atoms with E-state index in [0.717, 1.165) is 17.7 Å². The Hall–Kier alpha value is -1.48. The summed E-state index contributed by atoms with van der Waals surface area (Å²) in [7, 11) is 0. The molecule has 1 unspecified atom stereocenters. The highest BCUT2D eigenvalue weighted by molar-refractivity contribution is 6.33. The molecule has 4 heteroatoms. The van der Waals surface area contributed by atoms with Crippen LogP contribution in [0.25, 0.3) is 11.3 Å². The summed E-state index contributed by atoms with van der Waals surface area (Å²) in [5.41, 5.74) is 8.30. The maximum atomic E-state index is 6.15. The normalized spacial score (nSPS) is 12.6. The highest BCUT2D eigenvalue weighted by Crippen LogP contribution is 2.31. The van der Waals surface area contributed by atoms with Crippen molar-refractivity contribution < 1.29 is 0 Å². The van der Waals surface area contributed by atoms with Crippen molar-refractivity contribution >= 4 is 17.3 Å². The summed E-state index contributed by atoms with van der Waals surface area (Å²) in [4.78, 5) is 0. The van der Waals surface area contributed by atoms with Gasteiger partial charge in [0.25, 0.3) is 0 Å². The van der Waals surface area contributed by atoms with E-state index in [1.54, 1.807) is 0 Å². The minimum Gasteiger partial charge on any atom is -0.396 e. The molecule has 0 bridgehead atoms. The lowest BCUT2D eigenvalue weighted by Gasteiger charge is -2.08. The molecule has 0 spiro atoms. The Morgan fingerprint density at radius 2 is 2.12 bits per heavy atom. The van der Waals surface area contributed by atoms with Crippen LogP contribution in [-0.4, -0.2) is 9.78 Å². The second kappa shape index (κ2) is 4.80. The smallest absolute Gasteiger partial charge is 0.117 e. The van der Waals surface area contributed by atoms with E-state index < -0.39 is 0 Å². The Kier molecular flexibility index (Phi) is 3.38. The van der Waals surface area contributed by atoms with Gasteiger partial charge < -0.3 is 5.73 Å². The SMILES string of the molecule is CCC(C)n1cc(N)c(-c2ccccc2Cl)n1. The van der Waals surface area contributed by atoms with Crippen molar-refractivity contribution in [1.29, 1.82) is 0 Å². The van der Waals surface area contributed by atoms with Crippen LogP contribution in [0.5, 0.6) is 0 Å². The third kappa shape index (κ3) is 2.29. The molecule has 0 saturated carbocycles. The number of nitrogens with zero attached hydrogens (tertiary/aromatic N) is 2. The first kappa shape index (κ1) is 12.0. The number of rotatable bonds is 3. The summed E-state index contributed by atoms with van der Waals surface area (Å²) < 4.78 is 1.90. The molecule has 0 aliphatic rings. The zero-order valence-electron chi connectivity index (χ0n) is 10.0. The highest BCUT2D eigenvalue weighted by Gasteiger charge is 2.13. The van der Waals surface area contributed by atoms with Crippen molar-refractivity contribution in [2.45, 2.75) is 26.3 Å². The van der Waals surface area contributed by atoms with Crippen LogP contribution < -0.4 is 5.73 Å². The molecular formula is C13H16ClN3. The lowest BCUT2D eigenvalue weighted by Crippen LogP contribution is -2.04. The van der Waals surface area contributed by atoms with Crippen molar-refractivity contribution in [3.05, 3.63) is 35.5 Å². The first-order valence-corrected chi connectivity index (χ1v) is 6.10. The first-order valence-electron chi connectivity index (χ1n) is 5.73. The number of halogens is 1. The zero-order valence-corrected chi connectivity index (χ0v) is 10.8. The fraction of sp³-hybridized carbons (Fsp3) is 0.308. The third-order valence-corrected chi connectivity index (χ3v) is 3.26. The third-order valence-electron chi connectivity index (χ3n) is 2.93. The lowest BCUT2D eigenvalue weighted by molar-refractivity contribution is 0.479. The molecule has 0 saturated heterocycles. The Morgan fingerprint density at radius 3 is 2.76 bits per heavy atom. The maximum absolute atomic E-state index is 6.15. The van der Waals surface area contributed by atoms with Gasteiger partial charge in [0.1, 0.15) is 5.69 Å². The van der Waals surface area contributed by atoms with Gasteiger partial charge in [0.15, 0.2) is 0 Å². The average molecular weight is 250 g/mol. The second-order valence-corrected chi connectivity index (χ2v) is 4.56. The van der Waals surface area contributed by atoms with Gasteiger partial charge in [-0.05, 0) is 19.4 Å². The van der Waals surface area contributed by atoms with Gasteiger partial charge in [-0.15, -0.1) is 0 Å². The number of hydrogen-bond donors (Lipinski definition) is 1. The van der Waals surface area contributed by atoms with E-state index in [9.17, 15) is 0 Å². The first-order chi connectivity index (χ1) is 8.13. The molecule has 1 atom stereocenters. The molecule has 2 N–H and O–H groups in total. The second-order valence-electron chi connectivity index (χ2n) is 4.15. The van der Waals surface area contributed by atoms with Crippen molar-refractivity contribution in [1.82, 2.24) is 9.78 Å². The summed E-state index contributed by atoms with van der Waals surface area (Å²) >= 11 is 6.15. The molecule has 1 aromatic heterocycles. The number of aromatic nitrogens is 2. The predicted molar refractivity (Wildman–Crippen MR) is 72.1 cm³/mol. The molecule has 0 radical (unpaired) electrons. The number of nitrogens with two attached hydrogens (primary N) is 1. The van der Waals surface area contributed by atoms with Crippen LogP contribution in [0.3, 0.4) is 0 Å².